The predicted molar refractivity (Wildman–Crippen MR) is 123 cm³/mol. The van der Waals surface area contributed by atoms with Crippen LogP contribution in [-0.2, 0) is 24.2 Å². The first-order valence-electron chi connectivity index (χ1n) is 10.7. The minimum atomic E-state index is -0.107. The zero-order valence-electron chi connectivity index (χ0n) is 17.7. The number of aromatic nitrogens is 2. The molecule has 1 aromatic carbocycles. The van der Waals surface area contributed by atoms with E-state index in [1.165, 1.54) is 35.6 Å². The van der Waals surface area contributed by atoms with Crippen LogP contribution in [0.4, 0.5) is 5.82 Å². The Morgan fingerprint density at radius 2 is 1.81 bits per heavy atom. The number of carbonyl (C=O) groups excluding carboxylic acids is 2. The van der Waals surface area contributed by atoms with Crippen molar-refractivity contribution in [1.29, 1.82) is 0 Å². The van der Waals surface area contributed by atoms with Crippen LogP contribution in [0, 0.1) is 0 Å². The van der Waals surface area contributed by atoms with Crippen LogP contribution in [0.25, 0.3) is 10.2 Å². The third-order valence-corrected chi connectivity index (χ3v) is 6.64. The Morgan fingerprint density at radius 1 is 1.03 bits per heavy atom. The van der Waals surface area contributed by atoms with Crippen LogP contribution >= 0.6 is 11.3 Å². The topological polar surface area (TPSA) is 96.0 Å². The van der Waals surface area contributed by atoms with Gasteiger partial charge in [-0.3, -0.25) is 9.59 Å². The predicted octanol–water partition coefficient (Wildman–Crippen LogP) is 3.44. The van der Waals surface area contributed by atoms with Crippen molar-refractivity contribution in [2.24, 2.45) is 0 Å². The standard InChI is InChI=1S/C23H27N5O2S/c1-15(29)24-11-4-12-25-22(30)17-9-7-16(8-10-17)13-26-21-20-18-5-2-3-6-19(18)31-23(20)28-14-27-21/h7-10,14H,2-6,11-13H2,1H3,(H,24,29)(H,25,30)(H,26,27,28). The van der Waals surface area contributed by atoms with Crippen molar-refractivity contribution < 1.29 is 9.59 Å². The summed E-state index contributed by atoms with van der Waals surface area (Å²) in [5, 5.41) is 10.2. The van der Waals surface area contributed by atoms with E-state index >= 15 is 0 Å². The monoisotopic (exact) mass is 437 g/mol. The van der Waals surface area contributed by atoms with Gasteiger partial charge in [-0.2, -0.15) is 0 Å². The van der Waals surface area contributed by atoms with Crippen molar-refractivity contribution in [2.75, 3.05) is 18.4 Å². The fraction of sp³-hybridized carbons (Fsp3) is 0.391. The first kappa shape index (κ1) is 21.2. The zero-order chi connectivity index (χ0) is 21.6. The van der Waals surface area contributed by atoms with Gasteiger partial charge in [-0.05, 0) is 55.4 Å². The first-order valence-corrected chi connectivity index (χ1v) is 11.5. The number of hydrogen-bond donors (Lipinski definition) is 3. The quantitative estimate of drug-likeness (QED) is 0.469. The maximum absolute atomic E-state index is 12.3. The number of rotatable bonds is 8. The highest BCUT2D eigenvalue weighted by atomic mass is 32.1. The molecule has 0 saturated carbocycles. The molecule has 0 bridgehead atoms. The van der Waals surface area contributed by atoms with Crippen LogP contribution < -0.4 is 16.0 Å². The van der Waals surface area contributed by atoms with Gasteiger partial charge >= 0.3 is 0 Å². The molecule has 8 heteroatoms. The Kier molecular flexibility index (Phi) is 6.76. The minimum Gasteiger partial charge on any atom is -0.365 e. The molecule has 0 atom stereocenters. The van der Waals surface area contributed by atoms with Gasteiger partial charge in [-0.15, -0.1) is 11.3 Å². The van der Waals surface area contributed by atoms with Crippen molar-refractivity contribution in [2.45, 2.75) is 45.6 Å². The molecule has 0 spiro atoms. The highest BCUT2D eigenvalue weighted by Gasteiger charge is 2.19. The van der Waals surface area contributed by atoms with Gasteiger partial charge in [0.15, 0.2) is 0 Å². The molecule has 31 heavy (non-hydrogen) atoms. The lowest BCUT2D eigenvalue weighted by molar-refractivity contribution is -0.118. The van der Waals surface area contributed by atoms with Gasteiger partial charge in [-0.25, -0.2) is 9.97 Å². The van der Waals surface area contributed by atoms with Crippen molar-refractivity contribution in [3.05, 3.63) is 52.2 Å². The molecule has 3 N–H and O–H groups in total. The van der Waals surface area contributed by atoms with E-state index in [9.17, 15) is 9.59 Å². The highest BCUT2D eigenvalue weighted by molar-refractivity contribution is 7.19. The summed E-state index contributed by atoms with van der Waals surface area (Å²) in [6.07, 6.45) is 7.06. The fourth-order valence-corrected chi connectivity index (χ4v) is 5.07. The molecule has 2 amide bonds. The number of fused-ring (bicyclic) bond motifs is 3. The number of nitrogens with zero attached hydrogens (tertiary/aromatic N) is 2. The summed E-state index contributed by atoms with van der Waals surface area (Å²) in [7, 11) is 0. The number of hydrogen-bond acceptors (Lipinski definition) is 6. The van der Waals surface area contributed by atoms with E-state index in [1.807, 2.05) is 24.3 Å². The van der Waals surface area contributed by atoms with E-state index < -0.39 is 0 Å². The maximum atomic E-state index is 12.3. The molecule has 0 radical (unpaired) electrons. The summed E-state index contributed by atoms with van der Waals surface area (Å²) in [4.78, 5) is 34.6. The van der Waals surface area contributed by atoms with E-state index in [4.69, 9.17) is 0 Å². The lowest BCUT2D eigenvalue weighted by atomic mass is 9.97. The molecule has 7 nitrogen and oxygen atoms in total. The molecule has 2 aromatic heterocycles. The lowest BCUT2D eigenvalue weighted by Crippen LogP contribution is -2.28. The van der Waals surface area contributed by atoms with Crippen LogP contribution in [0.3, 0.4) is 0 Å². The third kappa shape index (κ3) is 5.19. The Balaban J connectivity index is 1.34. The van der Waals surface area contributed by atoms with E-state index in [1.54, 1.807) is 17.7 Å². The van der Waals surface area contributed by atoms with E-state index in [0.29, 0.717) is 31.6 Å². The Labute approximate surface area is 185 Å². The Bertz CT molecular complexity index is 1080. The number of aryl methyl sites for hydroxylation is 2. The third-order valence-electron chi connectivity index (χ3n) is 5.44. The summed E-state index contributed by atoms with van der Waals surface area (Å²) in [6.45, 7) is 3.20. The average molecular weight is 438 g/mol. The van der Waals surface area contributed by atoms with Crippen molar-refractivity contribution in [3.63, 3.8) is 0 Å². The van der Waals surface area contributed by atoms with Crippen LogP contribution in [0.15, 0.2) is 30.6 Å². The second-order valence-corrected chi connectivity index (χ2v) is 8.84. The molecular weight excluding hydrogens is 410 g/mol. The number of nitrogens with one attached hydrogen (secondary N) is 3. The molecule has 0 fully saturated rings. The zero-order valence-corrected chi connectivity index (χ0v) is 18.5. The normalized spacial score (nSPS) is 12.9. The largest absolute Gasteiger partial charge is 0.365 e. The molecule has 0 aliphatic heterocycles. The summed E-state index contributed by atoms with van der Waals surface area (Å²) >= 11 is 1.80. The molecule has 1 aliphatic rings. The van der Waals surface area contributed by atoms with Gasteiger partial charge in [0.25, 0.3) is 5.91 Å². The molecule has 0 saturated heterocycles. The number of carbonyl (C=O) groups is 2. The second-order valence-electron chi connectivity index (χ2n) is 7.76. The van der Waals surface area contributed by atoms with Gasteiger partial charge in [-0.1, -0.05) is 12.1 Å². The SMILES string of the molecule is CC(=O)NCCCNC(=O)c1ccc(CNc2ncnc3sc4c(c23)CCCC4)cc1. The van der Waals surface area contributed by atoms with Gasteiger partial charge < -0.3 is 16.0 Å². The molecule has 162 valence electrons. The van der Waals surface area contributed by atoms with Crippen LogP contribution in [0.2, 0.25) is 0 Å². The first-order chi connectivity index (χ1) is 15.1. The number of amides is 2. The number of thiophene rings is 1. The summed E-state index contributed by atoms with van der Waals surface area (Å²) in [5.41, 5.74) is 3.12. The van der Waals surface area contributed by atoms with Gasteiger partial charge in [0.2, 0.25) is 5.91 Å². The highest BCUT2D eigenvalue weighted by Crippen LogP contribution is 2.38. The summed E-state index contributed by atoms with van der Waals surface area (Å²) in [6, 6.07) is 7.59. The van der Waals surface area contributed by atoms with Crippen LogP contribution in [-0.4, -0.2) is 34.9 Å². The summed E-state index contributed by atoms with van der Waals surface area (Å²) < 4.78 is 0. The van der Waals surface area contributed by atoms with Crippen LogP contribution in [0.1, 0.15) is 52.5 Å². The molecule has 2 heterocycles. The van der Waals surface area contributed by atoms with E-state index in [2.05, 4.69) is 25.9 Å². The van der Waals surface area contributed by atoms with Crippen molar-refractivity contribution in [3.8, 4) is 0 Å². The lowest BCUT2D eigenvalue weighted by Gasteiger charge is -2.12. The molecule has 0 unspecified atom stereocenters. The Morgan fingerprint density at radius 3 is 2.61 bits per heavy atom. The fourth-order valence-electron chi connectivity index (χ4n) is 3.84. The number of anilines is 1. The van der Waals surface area contributed by atoms with E-state index in [-0.39, 0.29) is 11.8 Å². The van der Waals surface area contributed by atoms with Gasteiger partial charge in [0, 0.05) is 37.0 Å². The van der Waals surface area contributed by atoms with Crippen LogP contribution in [0.5, 0.6) is 0 Å². The van der Waals surface area contributed by atoms with E-state index in [0.717, 1.165) is 29.1 Å². The second kappa shape index (κ2) is 9.87. The van der Waals surface area contributed by atoms with Crippen molar-refractivity contribution >= 4 is 39.2 Å². The smallest absolute Gasteiger partial charge is 0.251 e. The Hall–Kier alpha value is -3.00. The molecular formula is C23H27N5O2S. The molecule has 4 rings (SSSR count). The minimum absolute atomic E-state index is 0.0582. The van der Waals surface area contributed by atoms with Gasteiger partial charge in [0.1, 0.15) is 17.0 Å². The average Bonchev–Trinajstić information content (AvgIpc) is 3.17. The number of benzene rings is 1. The maximum Gasteiger partial charge on any atom is 0.251 e. The molecule has 3 aromatic rings. The van der Waals surface area contributed by atoms with Crippen molar-refractivity contribution in [1.82, 2.24) is 20.6 Å². The molecule has 1 aliphatic carbocycles. The summed E-state index contributed by atoms with van der Waals surface area (Å²) in [5.74, 6) is 0.729. The van der Waals surface area contributed by atoms with Gasteiger partial charge in [0.05, 0.1) is 5.39 Å².